The molecular formula is C25H25ClN2O3. The van der Waals surface area contributed by atoms with Crippen molar-refractivity contribution in [1.82, 2.24) is 5.32 Å². The molecule has 3 aromatic carbocycles. The van der Waals surface area contributed by atoms with Crippen LogP contribution in [0.25, 0.3) is 0 Å². The minimum Gasteiger partial charge on any atom is -0.497 e. The van der Waals surface area contributed by atoms with Gasteiger partial charge in [0.15, 0.2) is 0 Å². The third kappa shape index (κ3) is 5.30. The first-order valence-corrected chi connectivity index (χ1v) is 10.6. The van der Waals surface area contributed by atoms with Gasteiger partial charge in [-0.25, -0.2) is 0 Å². The van der Waals surface area contributed by atoms with Crippen molar-refractivity contribution in [2.45, 2.75) is 25.6 Å². The number of ether oxygens (including phenoxy) is 2. The monoisotopic (exact) mass is 436 g/mol. The number of benzene rings is 3. The van der Waals surface area contributed by atoms with Gasteiger partial charge in [0.1, 0.15) is 18.1 Å². The zero-order chi connectivity index (χ0) is 21.6. The molecule has 5 nitrogen and oxygen atoms in total. The molecule has 3 aromatic rings. The van der Waals surface area contributed by atoms with Gasteiger partial charge in [-0.05, 0) is 41.5 Å². The molecule has 1 aliphatic heterocycles. The third-order valence-electron chi connectivity index (χ3n) is 5.37. The van der Waals surface area contributed by atoms with Crippen LogP contribution < -0.4 is 19.7 Å². The number of amides is 1. The first-order valence-electron chi connectivity index (χ1n) is 10.2. The molecular weight excluding hydrogens is 412 g/mol. The number of rotatable bonds is 7. The smallest absolute Gasteiger partial charge is 0.222 e. The van der Waals surface area contributed by atoms with E-state index < -0.39 is 0 Å². The van der Waals surface area contributed by atoms with Crippen LogP contribution in [0.3, 0.4) is 0 Å². The summed E-state index contributed by atoms with van der Waals surface area (Å²) in [6.45, 7) is 1.59. The lowest BCUT2D eigenvalue weighted by molar-refractivity contribution is -0.121. The predicted molar refractivity (Wildman–Crippen MR) is 123 cm³/mol. The number of fused-ring (bicyclic) bond motifs is 1. The molecule has 1 aliphatic rings. The average Bonchev–Trinajstić information content (AvgIpc) is 2.80. The lowest BCUT2D eigenvalue weighted by Gasteiger charge is -2.38. The van der Waals surface area contributed by atoms with Crippen LogP contribution in [-0.2, 0) is 17.9 Å². The summed E-state index contributed by atoms with van der Waals surface area (Å²) in [6, 6.07) is 23.4. The molecule has 31 heavy (non-hydrogen) atoms. The Bertz CT molecular complexity index is 1020. The topological polar surface area (TPSA) is 50.8 Å². The summed E-state index contributed by atoms with van der Waals surface area (Å²) in [6.07, 6.45) is 0.328. The van der Waals surface area contributed by atoms with Gasteiger partial charge in [0.2, 0.25) is 5.91 Å². The fraction of sp³-hybridized carbons (Fsp3) is 0.240. The number of nitrogens with zero attached hydrogens (tertiary/aromatic N) is 1. The van der Waals surface area contributed by atoms with E-state index in [0.29, 0.717) is 31.1 Å². The van der Waals surface area contributed by atoms with E-state index >= 15 is 0 Å². The Morgan fingerprint density at radius 2 is 1.87 bits per heavy atom. The molecule has 0 saturated heterocycles. The molecule has 0 aliphatic carbocycles. The van der Waals surface area contributed by atoms with E-state index in [2.05, 4.69) is 22.3 Å². The summed E-state index contributed by atoms with van der Waals surface area (Å²) in [5.41, 5.74) is 3.10. The number of carbonyl (C=O) groups is 1. The van der Waals surface area contributed by atoms with E-state index in [-0.39, 0.29) is 11.9 Å². The molecule has 160 valence electrons. The Morgan fingerprint density at radius 1 is 1.10 bits per heavy atom. The number of hydrogen-bond donors (Lipinski definition) is 1. The van der Waals surface area contributed by atoms with Crippen molar-refractivity contribution in [3.63, 3.8) is 0 Å². The van der Waals surface area contributed by atoms with Gasteiger partial charge in [0, 0.05) is 18.1 Å². The molecule has 1 N–H and O–H groups in total. The van der Waals surface area contributed by atoms with Crippen molar-refractivity contribution < 1.29 is 14.3 Å². The highest BCUT2D eigenvalue weighted by Crippen LogP contribution is 2.37. The van der Waals surface area contributed by atoms with Gasteiger partial charge in [-0.1, -0.05) is 54.1 Å². The predicted octanol–water partition coefficient (Wildman–Crippen LogP) is 4.82. The zero-order valence-electron chi connectivity index (χ0n) is 17.4. The SMILES string of the molecule is COc1ccc(CNC(=O)C[C@@H]2COc3ccc(Cl)cc3N2Cc2ccccc2)cc1. The molecule has 1 atom stereocenters. The molecule has 0 unspecified atom stereocenters. The second-order valence-electron chi connectivity index (χ2n) is 7.52. The Balaban J connectivity index is 1.46. The van der Waals surface area contributed by atoms with Crippen molar-refractivity contribution in [3.05, 3.63) is 88.9 Å². The van der Waals surface area contributed by atoms with Crippen molar-refractivity contribution in [3.8, 4) is 11.5 Å². The van der Waals surface area contributed by atoms with Gasteiger partial charge in [-0.2, -0.15) is 0 Å². The third-order valence-corrected chi connectivity index (χ3v) is 5.60. The van der Waals surface area contributed by atoms with Crippen LogP contribution in [0.2, 0.25) is 5.02 Å². The maximum Gasteiger partial charge on any atom is 0.222 e. The Labute approximate surface area is 187 Å². The van der Waals surface area contributed by atoms with E-state index in [9.17, 15) is 4.79 Å². The summed E-state index contributed by atoms with van der Waals surface area (Å²) in [7, 11) is 1.63. The highest BCUT2D eigenvalue weighted by molar-refractivity contribution is 6.31. The number of methoxy groups -OCH3 is 1. The van der Waals surface area contributed by atoms with Crippen LogP contribution in [-0.4, -0.2) is 25.7 Å². The number of nitrogens with one attached hydrogen (secondary N) is 1. The molecule has 1 heterocycles. The molecule has 0 saturated carbocycles. The van der Waals surface area contributed by atoms with Gasteiger partial charge >= 0.3 is 0 Å². The second-order valence-corrected chi connectivity index (χ2v) is 7.96. The molecule has 1 amide bonds. The van der Waals surface area contributed by atoms with Crippen LogP contribution in [0.5, 0.6) is 11.5 Å². The first-order chi connectivity index (χ1) is 15.1. The highest BCUT2D eigenvalue weighted by atomic mass is 35.5. The summed E-state index contributed by atoms with van der Waals surface area (Å²) in [4.78, 5) is 15.0. The lowest BCUT2D eigenvalue weighted by atomic mass is 10.1. The number of halogens is 1. The van der Waals surface area contributed by atoms with E-state index in [1.54, 1.807) is 7.11 Å². The largest absolute Gasteiger partial charge is 0.497 e. The van der Waals surface area contributed by atoms with Crippen molar-refractivity contribution in [1.29, 1.82) is 0 Å². The molecule has 6 heteroatoms. The number of anilines is 1. The summed E-state index contributed by atoms with van der Waals surface area (Å²) < 4.78 is 11.1. The zero-order valence-corrected chi connectivity index (χ0v) is 18.1. The van der Waals surface area contributed by atoms with Crippen molar-refractivity contribution in [2.75, 3.05) is 18.6 Å². The fourth-order valence-corrected chi connectivity index (χ4v) is 3.87. The van der Waals surface area contributed by atoms with Crippen molar-refractivity contribution in [2.24, 2.45) is 0 Å². The number of hydrogen-bond acceptors (Lipinski definition) is 4. The first kappa shape index (κ1) is 21.1. The Hall–Kier alpha value is -3.18. The quantitative estimate of drug-likeness (QED) is 0.576. The van der Waals surface area contributed by atoms with Crippen LogP contribution in [0.15, 0.2) is 72.8 Å². The Morgan fingerprint density at radius 3 is 2.61 bits per heavy atom. The van der Waals surface area contributed by atoms with Crippen LogP contribution in [0.4, 0.5) is 5.69 Å². The van der Waals surface area contributed by atoms with Gasteiger partial charge < -0.3 is 19.7 Å². The minimum atomic E-state index is -0.0953. The fourth-order valence-electron chi connectivity index (χ4n) is 3.70. The Kier molecular flexibility index (Phi) is 6.63. The maximum atomic E-state index is 12.7. The highest BCUT2D eigenvalue weighted by Gasteiger charge is 2.29. The summed E-state index contributed by atoms with van der Waals surface area (Å²) >= 11 is 6.27. The van der Waals surface area contributed by atoms with Gasteiger partial charge in [0.25, 0.3) is 0 Å². The number of carbonyl (C=O) groups excluding carboxylic acids is 1. The van der Waals surface area contributed by atoms with Gasteiger partial charge in [0.05, 0.1) is 25.3 Å². The lowest BCUT2D eigenvalue weighted by Crippen LogP contribution is -2.45. The normalized spacial score (nSPS) is 15.0. The van der Waals surface area contributed by atoms with E-state index in [1.165, 1.54) is 5.56 Å². The summed E-state index contributed by atoms with van der Waals surface area (Å²) in [5, 5.41) is 3.66. The molecule has 4 rings (SSSR count). The average molecular weight is 437 g/mol. The van der Waals surface area contributed by atoms with Crippen LogP contribution in [0, 0.1) is 0 Å². The van der Waals surface area contributed by atoms with Gasteiger partial charge in [-0.3, -0.25) is 4.79 Å². The molecule has 0 radical (unpaired) electrons. The van der Waals surface area contributed by atoms with Crippen LogP contribution in [0.1, 0.15) is 17.5 Å². The molecule has 0 bridgehead atoms. The van der Waals surface area contributed by atoms with Crippen LogP contribution >= 0.6 is 11.6 Å². The molecule has 0 fully saturated rings. The van der Waals surface area contributed by atoms with Crippen molar-refractivity contribution >= 4 is 23.2 Å². The second kappa shape index (κ2) is 9.75. The maximum absolute atomic E-state index is 12.7. The minimum absolute atomic E-state index is 0.0204. The van der Waals surface area contributed by atoms with E-state index in [0.717, 1.165) is 22.7 Å². The van der Waals surface area contributed by atoms with Gasteiger partial charge in [-0.15, -0.1) is 0 Å². The van der Waals surface area contributed by atoms with E-state index in [1.807, 2.05) is 60.7 Å². The molecule has 0 spiro atoms. The van der Waals surface area contributed by atoms with E-state index in [4.69, 9.17) is 21.1 Å². The summed E-state index contributed by atoms with van der Waals surface area (Å²) in [5.74, 6) is 1.56. The standard InChI is InChI=1S/C25H25ClN2O3/c1-30-22-10-7-18(8-11-22)15-27-25(29)14-21-17-31-24-12-9-20(26)13-23(24)28(21)16-19-5-3-2-4-6-19/h2-13,21H,14-17H2,1H3,(H,27,29)/t21-/m1/s1. The molecule has 0 aromatic heterocycles.